The van der Waals surface area contributed by atoms with E-state index in [0.29, 0.717) is 5.15 Å². The minimum atomic E-state index is 0.516. The molecule has 0 amide bonds. The summed E-state index contributed by atoms with van der Waals surface area (Å²) in [6, 6.07) is 3.76. The quantitative estimate of drug-likeness (QED) is 0.529. The lowest BCUT2D eigenvalue weighted by atomic mass is 10.5. The second-order valence-electron chi connectivity index (χ2n) is 1.41. The van der Waals surface area contributed by atoms with E-state index < -0.39 is 0 Å². The van der Waals surface area contributed by atoms with Gasteiger partial charge in [-0.05, 0) is 50.7 Å². The largest absolute Gasteiger partial charge is 0.229 e. The van der Waals surface area contributed by atoms with Gasteiger partial charge in [-0.1, -0.05) is 11.6 Å². The molecule has 0 fully saturated rings. The number of pyridine rings is 1. The number of aromatic nitrogens is 1. The van der Waals surface area contributed by atoms with Crippen LogP contribution in [0.1, 0.15) is 0 Å². The maximum Gasteiger partial charge on any atom is 0.144 e. The fourth-order valence-corrected chi connectivity index (χ4v) is 1.33. The molecular formula is C5H2BrClIN. The molecule has 1 rings (SSSR count). The first-order chi connectivity index (χ1) is 4.20. The van der Waals surface area contributed by atoms with Crippen LogP contribution in [0, 0.1) is 3.70 Å². The molecule has 0 atom stereocenters. The third kappa shape index (κ3) is 2.05. The molecule has 1 aromatic rings. The van der Waals surface area contributed by atoms with Crippen LogP contribution < -0.4 is 0 Å². The Hall–Kier alpha value is 0.650. The van der Waals surface area contributed by atoms with Gasteiger partial charge in [0.05, 0.1) is 4.47 Å². The standard InChI is InChI=1S/C5H2BrClIN/c6-3-1-2-4(8)9-5(3)7/h1-2H. The molecule has 0 radical (unpaired) electrons. The fraction of sp³-hybridized carbons (Fsp3) is 0. The van der Waals surface area contributed by atoms with Gasteiger partial charge in [-0.3, -0.25) is 0 Å². The van der Waals surface area contributed by atoms with Crippen LogP contribution in [0.4, 0.5) is 0 Å². The van der Waals surface area contributed by atoms with Gasteiger partial charge in [-0.2, -0.15) is 0 Å². The summed E-state index contributed by atoms with van der Waals surface area (Å²) in [6.07, 6.45) is 0. The van der Waals surface area contributed by atoms with E-state index in [9.17, 15) is 0 Å². The molecule has 1 aromatic heterocycles. The first-order valence-electron chi connectivity index (χ1n) is 2.17. The fourth-order valence-electron chi connectivity index (χ4n) is 0.395. The van der Waals surface area contributed by atoms with Gasteiger partial charge in [0.1, 0.15) is 8.85 Å². The van der Waals surface area contributed by atoms with E-state index in [-0.39, 0.29) is 0 Å². The summed E-state index contributed by atoms with van der Waals surface area (Å²) in [5.41, 5.74) is 0. The van der Waals surface area contributed by atoms with Gasteiger partial charge in [0.15, 0.2) is 0 Å². The van der Waals surface area contributed by atoms with Gasteiger partial charge in [-0.25, -0.2) is 4.98 Å². The SMILES string of the molecule is Clc1nc(I)ccc1Br. The van der Waals surface area contributed by atoms with Crippen molar-refractivity contribution in [2.45, 2.75) is 0 Å². The maximum atomic E-state index is 5.65. The van der Waals surface area contributed by atoms with Crippen molar-refractivity contribution >= 4 is 50.1 Å². The molecule has 0 unspecified atom stereocenters. The molecule has 0 aliphatic rings. The Balaban J connectivity index is 3.17. The minimum absolute atomic E-state index is 0.516. The number of hydrogen-bond donors (Lipinski definition) is 0. The Morgan fingerprint density at radius 1 is 1.56 bits per heavy atom. The van der Waals surface area contributed by atoms with E-state index in [2.05, 4.69) is 43.5 Å². The van der Waals surface area contributed by atoms with E-state index in [4.69, 9.17) is 11.6 Å². The topological polar surface area (TPSA) is 12.9 Å². The van der Waals surface area contributed by atoms with Gasteiger partial charge < -0.3 is 0 Å². The molecule has 1 nitrogen and oxygen atoms in total. The van der Waals surface area contributed by atoms with E-state index >= 15 is 0 Å². The van der Waals surface area contributed by atoms with E-state index in [1.54, 1.807) is 0 Å². The molecule has 9 heavy (non-hydrogen) atoms. The highest BCUT2D eigenvalue weighted by atomic mass is 127. The van der Waals surface area contributed by atoms with Crippen molar-refractivity contribution in [2.24, 2.45) is 0 Å². The highest BCUT2D eigenvalue weighted by Gasteiger charge is 1.95. The molecule has 0 aliphatic heterocycles. The first-order valence-corrected chi connectivity index (χ1v) is 4.42. The molecule has 0 spiro atoms. The van der Waals surface area contributed by atoms with Crippen LogP contribution in [0.5, 0.6) is 0 Å². The first kappa shape index (κ1) is 7.75. The number of rotatable bonds is 0. The highest BCUT2D eigenvalue weighted by molar-refractivity contribution is 14.1. The van der Waals surface area contributed by atoms with Gasteiger partial charge in [-0.15, -0.1) is 0 Å². The third-order valence-corrected chi connectivity index (χ3v) is 2.53. The van der Waals surface area contributed by atoms with E-state index in [1.165, 1.54) is 0 Å². The average molecular weight is 318 g/mol. The summed E-state index contributed by atoms with van der Waals surface area (Å²) >= 11 is 11.0. The molecule has 1 heterocycles. The van der Waals surface area contributed by atoms with Gasteiger partial charge in [0.25, 0.3) is 0 Å². The number of nitrogens with zero attached hydrogens (tertiary/aromatic N) is 1. The monoisotopic (exact) mass is 317 g/mol. The zero-order valence-electron chi connectivity index (χ0n) is 4.24. The number of halogens is 3. The molecule has 0 aromatic carbocycles. The molecule has 4 heteroatoms. The molecule has 0 bridgehead atoms. The van der Waals surface area contributed by atoms with Crippen LogP contribution in [0.3, 0.4) is 0 Å². The molecule has 0 saturated heterocycles. The summed E-state index contributed by atoms with van der Waals surface area (Å²) in [7, 11) is 0. The lowest BCUT2D eigenvalue weighted by Gasteiger charge is -1.92. The van der Waals surface area contributed by atoms with E-state index in [0.717, 1.165) is 8.17 Å². The van der Waals surface area contributed by atoms with Crippen LogP contribution in [0.15, 0.2) is 16.6 Å². The minimum Gasteiger partial charge on any atom is -0.229 e. The Labute approximate surface area is 80.1 Å². The van der Waals surface area contributed by atoms with Crippen molar-refractivity contribution in [2.75, 3.05) is 0 Å². The smallest absolute Gasteiger partial charge is 0.144 e. The van der Waals surface area contributed by atoms with Gasteiger partial charge in [0, 0.05) is 0 Å². The van der Waals surface area contributed by atoms with E-state index in [1.807, 2.05) is 12.1 Å². The van der Waals surface area contributed by atoms with Crippen molar-refractivity contribution in [3.63, 3.8) is 0 Å². The Morgan fingerprint density at radius 2 is 2.22 bits per heavy atom. The van der Waals surface area contributed by atoms with Crippen molar-refractivity contribution in [1.29, 1.82) is 0 Å². The Bertz CT molecular complexity index is 228. The van der Waals surface area contributed by atoms with Crippen molar-refractivity contribution in [1.82, 2.24) is 4.98 Å². The van der Waals surface area contributed by atoms with Crippen LogP contribution in [0.2, 0.25) is 5.15 Å². The summed E-state index contributed by atoms with van der Waals surface area (Å²) in [5.74, 6) is 0. The Kier molecular flexibility index (Phi) is 2.73. The average Bonchev–Trinajstić information content (AvgIpc) is 1.80. The maximum absolute atomic E-state index is 5.65. The third-order valence-electron chi connectivity index (χ3n) is 0.769. The summed E-state index contributed by atoms with van der Waals surface area (Å²) in [4.78, 5) is 3.98. The summed E-state index contributed by atoms with van der Waals surface area (Å²) in [5, 5.41) is 0.516. The van der Waals surface area contributed by atoms with Gasteiger partial charge >= 0.3 is 0 Å². The molecule has 48 valence electrons. The van der Waals surface area contributed by atoms with Crippen LogP contribution in [0.25, 0.3) is 0 Å². The molecular weight excluding hydrogens is 316 g/mol. The predicted octanol–water partition coefficient (Wildman–Crippen LogP) is 3.10. The second-order valence-corrected chi connectivity index (χ2v) is 3.72. The number of hydrogen-bond acceptors (Lipinski definition) is 1. The van der Waals surface area contributed by atoms with Crippen LogP contribution >= 0.6 is 50.1 Å². The Morgan fingerprint density at radius 3 is 2.67 bits per heavy atom. The van der Waals surface area contributed by atoms with Crippen molar-refractivity contribution < 1.29 is 0 Å². The molecule has 0 N–H and O–H groups in total. The zero-order chi connectivity index (χ0) is 6.85. The van der Waals surface area contributed by atoms with Crippen LogP contribution in [-0.2, 0) is 0 Å². The summed E-state index contributed by atoms with van der Waals surface area (Å²) < 4.78 is 1.74. The highest BCUT2D eigenvalue weighted by Crippen LogP contribution is 2.19. The molecule has 0 saturated carbocycles. The van der Waals surface area contributed by atoms with Crippen LogP contribution in [-0.4, -0.2) is 4.98 Å². The summed E-state index contributed by atoms with van der Waals surface area (Å²) in [6.45, 7) is 0. The molecule has 0 aliphatic carbocycles. The van der Waals surface area contributed by atoms with Crippen molar-refractivity contribution in [3.8, 4) is 0 Å². The lowest BCUT2D eigenvalue weighted by molar-refractivity contribution is 1.26. The zero-order valence-corrected chi connectivity index (χ0v) is 8.74. The second kappa shape index (κ2) is 3.16. The lowest BCUT2D eigenvalue weighted by Crippen LogP contribution is -1.79. The normalized spacial score (nSPS) is 9.67. The van der Waals surface area contributed by atoms with Crippen molar-refractivity contribution in [3.05, 3.63) is 25.5 Å². The predicted molar refractivity (Wildman–Crippen MR) is 49.7 cm³/mol. The van der Waals surface area contributed by atoms with Gasteiger partial charge in [0.2, 0.25) is 0 Å².